The van der Waals surface area contributed by atoms with Crippen molar-refractivity contribution in [2.45, 2.75) is 6.42 Å². The van der Waals surface area contributed by atoms with Gasteiger partial charge in [0.25, 0.3) is 5.91 Å². The molecule has 0 unspecified atom stereocenters. The average molecular weight is 276 g/mol. The van der Waals surface area contributed by atoms with Crippen molar-refractivity contribution in [2.75, 3.05) is 12.3 Å². The smallest absolute Gasteiger partial charge is 0.251 e. The lowest BCUT2D eigenvalue weighted by molar-refractivity contribution is 0.0954. The number of rotatable bonds is 4. The molecule has 5 heteroatoms. The molecule has 1 aromatic heterocycles. The summed E-state index contributed by atoms with van der Waals surface area (Å²) in [5, 5.41) is 3.22. The first-order valence-electron chi connectivity index (χ1n) is 5.89. The Bertz CT molecular complexity index is 572. The van der Waals surface area contributed by atoms with E-state index in [2.05, 4.69) is 10.3 Å². The number of benzene rings is 1. The van der Waals surface area contributed by atoms with E-state index in [0.29, 0.717) is 22.8 Å². The summed E-state index contributed by atoms with van der Waals surface area (Å²) in [5.41, 5.74) is 7.65. The first-order valence-corrected chi connectivity index (χ1v) is 6.27. The van der Waals surface area contributed by atoms with Gasteiger partial charge in [0, 0.05) is 24.5 Å². The zero-order chi connectivity index (χ0) is 13.7. The molecule has 0 radical (unpaired) electrons. The van der Waals surface area contributed by atoms with Crippen LogP contribution in [0.4, 0.5) is 5.69 Å². The maximum atomic E-state index is 11.9. The molecule has 3 N–H and O–H groups in total. The van der Waals surface area contributed by atoms with Crippen LogP contribution >= 0.6 is 11.6 Å². The Labute approximate surface area is 116 Å². The van der Waals surface area contributed by atoms with E-state index in [9.17, 15) is 4.79 Å². The summed E-state index contributed by atoms with van der Waals surface area (Å²) in [6.07, 6.45) is 4.24. The van der Waals surface area contributed by atoms with Crippen LogP contribution in [0.2, 0.25) is 5.02 Å². The van der Waals surface area contributed by atoms with Crippen LogP contribution in [0.5, 0.6) is 0 Å². The maximum Gasteiger partial charge on any atom is 0.251 e. The third-order valence-electron chi connectivity index (χ3n) is 2.68. The molecule has 0 saturated carbocycles. The molecular formula is C14H14ClN3O. The van der Waals surface area contributed by atoms with Gasteiger partial charge in [0.1, 0.15) is 0 Å². The number of hydrogen-bond donors (Lipinski definition) is 2. The summed E-state index contributed by atoms with van der Waals surface area (Å²) in [5.74, 6) is -0.161. The topological polar surface area (TPSA) is 68.0 Å². The predicted molar refractivity (Wildman–Crippen MR) is 76.1 cm³/mol. The van der Waals surface area contributed by atoms with E-state index in [1.54, 1.807) is 30.6 Å². The van der Waals surface area contributed by atoms with E-state index >= 15 is 0 Å². The molecule has 1 amide bonds. The number of carbonyl (C=O) groups is 1. The van der Waals surface area contributed by atoms with Gasteiger partial charge < -0.3 is 11.1 Å². The highest BCUT2D eigenvalue weighted by molar-refractivity contribution is 6.33. The minimum absolute atomic E-state index is 0.161. The largest absolute Gasteiger partial charge is 0.398 e. The first-order chi connectivity index (χ1) is 9.16. The fraction of sp³-hybridized carbons (Fsp3) is 0.143. The lowest BCUT2D eigenvalue weighted by Crippen LogP contribution is -2.25. The van der Waals surface area contributed by atoms with Gasteiger partial charge in [-0.1, -0.05) is 17.7 Å². The summed E-state index contributed by atoms with van der Waals surface area (Å²) in [6, 6.07) is 8.69. The summed E-state index contributed by atoms with van der Waals surface area (Å²) in [4.78, 5) is 15.9. The number of anilines is 1. The van der Waals surface area contributed by atoms with Crippen LogP contribution in [-0.4, -0.2) is 17.4 Å². The molecule has 0 aliphatic rings. The number of nitrogens with zero attached hydrogens (tertiary/aromatic N) is 1. The molecule has 19 heavy (non-hydrogen) atoms. The molecule has 0 aliphatic carbocycles. The molecule has 1 aromatic carbocycles. The van der Waals surface area contributed by atoms with Crippen molar-refractivity contribution in [3.05, 3.63) is 58.9 Å². The number of nitrogens with one attached hydrogen (secondary N) is 1. The minimum Gasteiger partial charge on any atom is -0.398 e. The Hall–Kier alpha value is -2.07. The van der Waals surface area contributed by atoms with Gasteiger partial charge >= 0.3 is 0 Å². The van der Waals surface area contributed by atoms with Crippen LogP contribution in [0.15, 0.2) is 42.7 Å². The van der Waals surface area contributed by atoms with Crippen LogP contribution in [-0.2, 0) is 6.42 Å². The van der Waals surface area contributed by atoms with Crippen LogP contribution in [0.1, 0.15) is 15.9 Å². The van der Waals surface area contributed by atoms with Crippen molar-refractivity contribution in [2.24, 2.45) is 0 Å². The summed E-state index contributed by atoms with van der Waals surface area (Å²) in [7, 11) is 0. The van der Waals surface area contributed by atoms with Gasteiger partial charge in [-0.05, 0) is 36.2 Å². The maximum absolute atomic E-state index is 11.9. The SMILES string of the molecule is Nc1ccc(C(=O)NCCc2cccnc2)cc1Cl. The standard InChI is InChI=1S/C14H14ClN3O/c15-12-8-11(3-4-13(12)16)14(19)18-7-5-10-2-1-6-17-9-10/h1-4,6,8-9H,5,7,16H2,(H,18,19). The second-order valence-corrected chi connectivity index (χ2v) is 4.51. The highest BCUT2D eigenvalue weighted by Crippen LogP contribution is 2.19. The highest BCUT2D eigenvalue weighted by Gasteiger charge is 2.06. The number of hydrogen-bond acceptors (Lipinski definition) is 3. The van der Waals surface area contributed by atoms with Crippen molar-refractivity contribution < 1.29 is 4.79 Å². The average Bonchev–Trinajstić information content (AvgIpc) is 2.43. The van der Waals surface area contributed by atoms with Crippen molar-refractivity contribution in [1.29, 1.82) is 0 Å². The van der Waals surface area contributed by atoms with E-state index in [4.69, 9.17) is 17.3 Å². The van der Waals surface area contributed by atoms with Crippen molar-refractivity contribution in [3.8, 4) is 0 Å². The zero-order valence-corrected chi connectivity index (χ0v) is 11.0. The van der Waals surface area contributed by atoms with Gasteiger partial charge in [-0.2, -0.15) is 0 Å². The van der Waals surface area contributed by atoms with Gasteiger partial charge in [0.15, 0.2) is 0 Å². The summed E-state index contributed by atoms with van der Waals surface area (Å²) >= 11 is 5.87. The Morgan fingerprint density at radius 3 is 2.89 bits per heavy atom. The number of aromatic nitrogens is 1. The number of carbonyl (C=O) groups excluding carboxylic acids is 1. The van der Waals surface area contributed by atoms with Gasteiger partial charge in [-0.25, -0.2) is 0 Å². The summed E-state index contributed by atoms with van der Waals surface area (Å²) < 4.78 is 0. The second kappa shape index (κ2) is 6.20. The van der Waals surface area contributed by atoms with Crippen LogP contribution in [0.25, 0.3) is 0 Å². The molecule has 0 bridgehead atoms. The Morgan fingerprint density at radius 1 is 1.37 bits per heavy atom. The van der Waals surface area contributed by atoms with E-state index in [0.717, 1.165) is 12.0 Å². The molecular weight excluding hydrogens is 262 g/mol. The predicted octanol–water partition coefficient (Wildman–Crippen LogP) is 2.29. The van der Waals surface area contributed by atoms with Gasteiger partial charge in [0.05, 0.1) is 10.7 Å². The second-order valence-electron chi connectivity index (χ2n) is 4.10. The lowest BCUT2D eigenvalue weighted by atomic mass is 10.2. The molecule has 0 spiro atoms. The number of amides is 1. The van der Waals surface area contributed by atoms with Gasteiger partial charge in [0.2, 0.25) is 0 Å². The summed E-state index contributed by atoms with van der Waals surface area (Å²) in [6.45, 7) is 0.548. The highest BCUT2D eigenvalue weighted by atomic mass is 35.5. The van der Waals surface area contributed by atoms with E-state index in [-0.39, 0.29) is 5.91 Å². The Balaban J connectivity index is 1.89. The third-order valence-corrected chi connectivity index (χ3v) is 3.01. The fourth-order valence-electron chi connectivity index (χ4n) is 1.64. The molecule has 0 saturated heterocycles. The van der Waals surface area contributed by atoms with Crippen LogP contribution in [0, 0.1) is 0 Å². The minimum atomic E-state index is -0.161. The Kier molecular flexibility index (Phi) is 4.36. The molecule has 0 atom stereocenters. The van der Waals surface area contributed by atoms with Crippen LogP contribution < -0.4 is 11.1 Å². The van der Waals surface area contributed by atoms with E-state index < -0.39 is 0 Å². The molecule has 0 aliphatic heterocycles. The lowest BCUT2D eigenvalue weighted by Gasteiger charge is -2.06. The number of nitrogens with two attached hydrogens (primary N) is 1. The molecule has 4 nitrogen and oxygen atoms in total. The number of halogens is 1. The Morgan fingerprint density at radius 2 is 2.21 bits per heavy atom. The van der Waals surface area contributed by atoms with Crippen molar-refractivity contribution in [1.82, 2.24) is 10.3 Å². The quantitative estimate of drug-likeness (QED) is 0.841. The van der Waals surface area contributed by atoms with Crippen molar-refractivity contribution in [3.63, 3.8) is 0 Å². The molecule has 1 heterocycles. The van der Waals surface area contributed by atoms with E-state index in [1.165, 1.54) is 0 Å². The molecule has 2 rings (SSSR count). The molecule has 0 fully saturated rings. The normalized spacial score (nSPS) is 10.2. The number of pyridine rings is 1. The van der Waals surface area contributed by atoms with Crippen molar-refractivity contribution >= 4 is 23.2 Å². The van der Waals surface area contributed by atoms with Gasteiger partial charge in [-0.3, -0.25) is 9.78 Å². The molecule has 2 aromatic rings. The van der Waals surface area contributed by atoms with Gasteiger partial charge in [-0.15, -0.1) is 0 Å². The fourth-order valence-corrected chi connectivity index (χ4v) is 1.82. The third kappa shape index (κ3) is 3.69. The monoisotopic (exact) mass is 275 g/mol. The van der Waals surface area contributed by atoms with E-state index in [1.807, 2.05) is 12.1 Å². The number of nitrogen functional groups attached to an aromatic ring is 1. The van der Waals surface area contributed by atoms with Crippen LogP contribution in [0.3, 0.4) is 0 Å². The zero-order valence-electron chi connectivity index (χ0n) is 10.3. The first kappa shape index (κ1) is 13.4. The molecule has 98 valence electrons.